The molecule has 34 heavy (non-hydrogen) atoms. The molecule has 3 aromatic rings. The van der Waals surface area contributed by atoms with E-state index in [1.54, 1.807) is 0 Å². The number of rotatable bonds is 3. The van der Waals surface area contributed by atoms with Crippen LogP contribution in [0.2, 0.25) is 0 Å². The molecule has 7 nitrogen and oxygen atoms in total. The second kappa shape index (κ2) is 7.65. The van der Waals surface area contributed by atoms with Gasteiger partial charge in [-0.3, -0.25) is 4.99 Å². The summed E-state index contributed by atoms with van der Waals surface area (Å²) < 4.78 is 0. The van der Waals surface area contributed by atoms with Crippen LogP contribution in [-0.2, 0) is 0 Å². The number of aromatic nitrogens is 2. The third-order valence-electron chi connectivity index (χ3n) is 7.30. The van der Waals surface area contributed by atoms with Crippen LogP contribution in [0.3, 0.4) is 0 Å². The quantitative estimate of drug-likeness (QED) is 0.616. The van der Waals surface area contributed by atoms with Gasteiger partial charge < -0.3 is 15.5 Å². The second-order valence-electron chi connectivity index (χ2n) is 9.84. The molecule has 2 aromatic carbocycles. The summed E-state index contributed by atoms with van der Waals surface area (Å²) in [5.41, 5.74) is 4.08. The van der Waals surface area contributed by atoms with Gasteiger partial charge in [-0.25, -0.2) is 14.8 Å². The molecule has 1 aromatic heterocycles. The molecule has 1 fully saturated rings. The molecule has 7 heteroatoms. The number of carbonyl (C=O) groups is 1. The summed E-state index contributed by atoms with van der Waals surface area (Å²) in [6, 6.07) is 18.6. The Labute approximate surface area is 199 Å². The van der Waals surface area contributed by atoms with E-state index in [9.17, 15) is 4.79 Å². The van der Waals surface area contributed by atoms with Crippen LogP contribution < -0.4 is 10.6 Å². The molecule has 2 atom stereocenters. The second-order valence-corrected chi connectivity index (χ2v) is 9.84. The molecule has 2 N–H and O–H groups in total. The van der Waals surface area contributed by atoms with Crippen molar-refractivity contribution in [2.75, 3.05) is 18.4 Å². The van der Waals surface area contributed by atoms with Crippen molar-refractivity contribution in [2.45, 2.75) is 44.7 Å². The maximum atomic E-state index is 13.3. The van der Waals surface area contributed by atoms with Gasteiger partial charge in [0.25, 0.3) is 0 Å². The van der Waals surface area contributed by atoms with Crippen LogP contribution in [0.4, 0.5) is 10.6 Å². The number of urea groups is 1. The van der Waals surface area contributed by atoms with E-state index in [0.29, 0.717) is 24.8 Å². The SMILES string of the molecule is Cc1nc(NC2=NCC3=C2CN(C(=O)NC2C[C@H]2c2ccccc2)C3(C)C)c2ccccc2n1. The van der Waals surface area contributed by atoms with E-state index < -0.39 is 5.54 Å². The molecule has 6 rings (SSSR count). The lowest BCUT2D eigenvalue weighted by atomic mass is 9.94. The minimum atomic E-state index is -0.396. The van der Waals surface area contributed by atoms with Crippen LogP contribution >= 0.6 is 0 Å². The fourth-order valence-electron chi connectivity index (χ4n) is 5.24. The topological polar surface area (TPSA) is 82.5 Å². The zero-order valence-electron chi connectivity index (χ0n) is 19.7. The Morgan fingerprint density at radius 3 is 2.65 bits per heavy atom. The minimum absolute atomic E-state index is 0.00879. The van der Waals surface area contributed by atoms with E-state index in [2.05, 4.69) is 58.7 Å². The van der Waals surface area contributed by atoms with E-state index in [0.717, 1.165) is 34.6 Å². The number of carbonyl (C=O) groups excluding carboxylic acids is 1. The molecular formula is C27H28N6O. The summed E-state index contributed by atoms with van der Waals surface area (Å²) in [5.74, 6) is 2.66. The molecule has 0 bridgehead atoms. The van der Waals surface area contributed by atoms with E-state index in [4.69, 9.17) is 4.99 Å². The highest BCUT2D eigenvalue weighted by molar-refractivity contribution is 6.13. The van der Waals surface area contributed by atoms with Gasteiger partial charge >= 0.3 is 6.03 Å². The first-order chi connectivity index (χ1) is 16.4. The molecule has 2 amide bonds. The molecule has 1 aliphatic carbocycles. The normalized spacial score (nSPS) is 22.6. The summed E-state index contributed by atoms with van der Waals surface area (Å²) in [6.45, 7) is 7.24. The number of aryl methyl sites for hydroxylation is 1. The summed E-state index contributed by atoms with van der Waals surface area (Å²) in [4.78, 5) is 29.2. The van der Waals surface area contributed by atoms with Gasteiger partial charge in [-0.2, -0.15) is 0 Å². The predicted octanol–water partition coefficient (Wildman–Crippen LogP) is 4.42. The monoisotopic (exact) mass is 452 g/mol. The van der Waals surface area contributed by atoms with Crippen LogP contribution in [0, 0.1) is 6.92 Å². The fraction of sp³-hybridized carbons (Fsp3) is 0.333. The Kier molecular flexibility index (Phi) is 4.69. The number of amides is 2. The van der Waals surface area contributed by atoms with Gasteiger partial charge in [0.05, 0.1) is 24.1 Å². The van der Waals surface area contributed by atoms with E-state index >= 15 is 0 Å². The lowest BCUT2D eigenvalue weighted by molar-refractivity contribution is 0.170. The number of nitrogens with one attached hydrogen (secondary N) is 2. The van der Waals surface area contributed by atoms with Crippen LogP contribution in [-0.4, -0.2) is 51.4 Å². The van der Waals surface area contributed by atoms with Crippen molar-refractivity contribution in [1.82, 2.24) is 20.2 Å². The van der Waals surface area contributed by atoms with E-state index in [-0.39, 0.29) is 12.1 Å². The van der Waals surface area contributed by atoms with E-state index in [1.165, 1.54) is 11.1 Å². The first kappa shape index (κ1) is 20.8. The lowest BCUT2D eigenvalue weighted by Gasteiger charge is -2.34. The van der Waals surface area contributed by atoms with Gasteiger partial charge in [-0.05, 0) is 50.5 Å². The van der Waals surface area contributed by atoms with Crippen LogP contribution in [0.5, 0.6) is 0 Å². The van der Waals surface area contributed by atoms with Gasteiger partial charge in [-0.1, -0.05) is 42.5 Å². The van der Waals surface area contributed by atoms with Crippen molar-refractivity contribution in [2.24, 2.45) is 4.99 Å². The molecule has 0 spiro atoms. The number of fused-ring (bicyclic) bond motifs is 1. The minimum Gasteiger partial charge on any atom is -0.335 e. The zero-order valence-corrected chi connectivity index (χ0v) is 19.7. The Morgan fingerprint density at radius 2 is 1.82 bits per heavy atom. The summed E-state index contributed by atoms with van der Waals surface area (Å²) in [6.07, 6.45) is 0.992. The highest BCUT2D eigenvalue weighted by atomic mass is 16.2. The van der Waals surface area contributed by atoms with E-state index in [1.807, 2.05) is 42.2 Å². The number of para-hydroxylation sites is 1. The largest absolute Gasteiger partial charge is 0.335 e. The van der Waals surface area contributed by atoms with Crippen molar-refractivity contribution in [3.8, 4) is 0 Å². The number of anilines is 1. The summed E-state index contributed by atoms with van der Waals surface area (Å²) in [7, 11) is 0. The first-order valence-electron chi connectivity index (χ1n) is 11.8. The average molecular weight is 453 g/mol. The van der Waals surface area contributed by atoms with Crippen molar-refractivity contribution < 1.29 is 4.79 Å². The molecule has 1 unspecified atom stereocenters. The third-order valence-corrected chi connectivity index (χ3v) is 7.30. The third kappa shape index (κ3) is 3.43. The standard InChI is InChI=1S/C27H28N6O/c1-16-29-22-12-8-7-11-18(22)25(30-16)32-24-20-15-33(27(2,3)21(20)14-28-24)26(34)31-23-13-19(23)17-9-5-4-6-10-17/h4-12,19,23H,13-15H2,1-3H3,(H,31,34)(H,28,29,30,32)/t19-,23?/m0/s1. The Bertz CT molecular complexity index is 1360. The molecule has 3 heterocycles. The number of hydrogen-bond donors (Lipinski definition) is 2. The van der Waals surface area contributed by atoms with Crippen molar-refractivity contribution in [1.29, 1.82) is 0 Å². The molecule has 2 aliphatic heterocycles. The highest BCUT2D eigenvalue weighted by Crippen LogP contribution is 2.42. The number of amidine groups is 1. The van der Waals surface area contributed by atoms with Gasteiger partial charge in [0.1, 0.15) is 17.5 Å². The smallest absolute Gasteiger partial charge is 0.318 e. The van der Waals surface area contributed by atoms with Crippen molar-refractivity contribution >= 4 is 28.6 Å². The predicted molar refractivity (Wildman–Crippen MR) is 134 cm³/mol. The fourth-order valence-corrected chi connectivity index (χ4v) is 5.24. The Balaban J connectivity index is 1.19. The number of nitrogens with zero attached hydrogens (tertiary/aromatic N) is 4. The Hall–Kier alpha value is -3.74. The van der Waals surface area contributed by atoms with Gasteiger partial charge in [0.15, 0.2) is 0 Å². The first-order valence-corrected chi connectivity index (χ1v) is 11.8. The van der Waals surface area contributed by atoms with Gasteiger partial charge in [-0.15, -0.1) is 0 Å². The average Bonchev–Trinajstić information content (AvgIpc) is 3.38. The van der Waals surface area contributed by atoms with Crippen LogP contribution in [0.15, 0.2) is 70.7 Å². The molecule has 3 aliphatic rings. The molecule has 0 radical (unpaired) electrons. The summed E-state index contributed by atoms with van der Waals surface area (Å²) in [5, 5.41) is 7.68. The van der Waals surface area contributed by atoms with Gasteiger partial charge in [0.2, 0.25) is 0 Å². The lowest BCUT2D eigenvalue weighted by Crippen LogP contribution is -2.51. The number of benzene rings is 2. The molecule has 1 saturated carbocycles. The van der Waals surface area contributed by atoms with Crippen LogP contribution in [0.25, 0.3) is 10.9 Å². The number of hydrogen-bond acceptors (Lipinski definition) is 5. The van der Waals surface area contributed by atoms with Crippen molar-refractivity contribution in [3.05, 3.63) is 77.1 Å². The molecule has 172 valence electrons. The molecule has 0 saturated heterocycles. The van der Waals surface area contributed by atoms with Crippen molar-refractivity contribution in [3.63, 3.8) is 0 Å². The zero-order chi connectivity index (χ0) is 23.4. The Morgan fingerprint density at radius 1 is 1.06 bits per heavy atom. The van der Waals surface area contributed by atoms with Gasteiger partial charge in [0, 0.05) is 22.9 Å². The number of aliphatic imine (C=N–C) groups is 1. The maximum absolute atomic E-state index is 13.3. The van der Waals surface area contributed by atoms with Crippen LogP contribution in [0.1, 0.15) is 37.6 Å². The summed E-state index contributed by atoms with van der Waals surface area (Å²) >= 11 is 0. The highest BCUT2D eigenvalue weighted by Gasteiger charge is 2.47. The maximum Gasteiger partial charge on any atom is 0.318 e. The molecular weight excluding hydrogens is 424 g/mol.